The van der Waals surface area contributed by atoms with Gasteiger partial charge in [0.25, 0.3) is 0 Å². The molecule has 1 saturated heterocycles. The molecule has 1 atom stereocenters. The molecule has 5 nitrogen and oxygen atoms in total. The van der Waals surface area contributed by atoms with Gasteiger partial charge in [0, 0.05) is 32.4 Å². The lowest BCUT2D eigenvalue weighted by molar-refractivity contribution is -0.127. The molecule has 18 heavy (non-hydrogen) atoms. The van der Waals surface area contributed by atoms with Gasteiger partial charge in [-0.2, -0.15) is 5.10 Å². The van der Waals surface area contributed by atoms with Crippen LogP contribution in [0.4, 0.5) is 0 Å². The molecular weight excluding hydrogens is 228 g/mol. The first-order chi connectivity index (χ1) is 8.69. The summed E-state index contributed by atoms with van der Waals surface area (Å²) in [6.45, 7) is 6.04. The Kier molecular flexibility index (Phi) is 4.33. The number of H-pyrrole nitrogens is 1. The molecule has 0 bridgehead atoms. The minimum absolute atomic E-state index is 0.269. The van der Waals surface area contributed by atoms with Crippen LogP contribution in [0.3, 0.4) is 0 Å². The fourth-order valence-electron chi connectivity index (χ4n) is 2.19. The lowest BCUT2D eigenvalue weighted by atomic mass is 10.1. The van der Waals surface area contributed by atoms with Crippen molar-refractivity contribution in [3.8, 4) is 0 Å². The molecule has 2 rings (SSSR count). The summed E-state index contributed by atoms with van der Waals surface area (Å²) < 4.78 is 0. The minimum atomic E-state index is 0.269. The Morgan fingerprint density at radius 1 is 1.50 bits per heavy atom. The molecular formula is C13H22N4O. The molecule has 1 aliphatic heterocycles. The van der Waals surface area contributed by atoms with Crippen molar-refractivity contribution in [1.29, 1.82) is 0 Å². The first-order valence-electron chi connectivity index (χ1n) is 6.87. The van der Waals surface area contributed by atoms with Crippen LogP contribution in [0.1, 0.15) is 44.8 Å². The van der Waals surface area contributed by atoms with Gasteiger partial charge >= 0.3 is 0 Å². The van der Waals surface area contributed by atoms with Gasteiger partial charge in [0.2, 0.25) is 5.91 Å². The summed E-state index contributed by atoms with van der Waals surface area (Å²) >= 11 is 0. The van der Waals surface area contributed by atoms with Gasteiger partial charge in [0.15, 0.2) is 5.82 Å². The first-order valence-corrected chi connectivity index (χ1v) is 6.87. The standard InChI is InChI=1S/C13H22N4O/c1-3-10(2)9-12-14-11(15-16-12)6-8-17-7-4-5-13(17)18/h10H,3-9H2,1-2H3,(H,14,15,16). The third kappa shape index (κ3) is 3.31. The summed E-state index contributed by atoms with van der Waals surface area (Å²) in [6, 6.07) is 0. The van der Waals surface area contributed by atoms with Crippen molar-refractivity contribution < 1.29 is 4.79 Å². The van der Waals surface area contributed by atoms with Gasteiger partial charge in [-0.15, -0.1) is 0 Å². The lowest BCUT2D eigenvalue weighted by Gasteiger charge is -2.13. The van der Waals surface area contributed by atoms with Gasteiger partial charge in [-0.05, 0) is 12.3 Å². The minimum Gasteiger partial charge on any atom is -0.342 e. The molecule has 0 aromatic carbocycles. The summed E-state index contributed by atoms with van der Waals surface area (Å²) in [5.41, 5.74) is 0. The van der Waals surface area contributed by atoms with Gasteiger partial charge in [-0.1, -0.05) is 20.3 Å². The molecule has 2 heterocycles. The van der Waals surface area contributed by atoms with E-state index in [4.69, 9.17) is 0 Å². The van der Waals surface area contributed by atoms with Crippen LogP contribution in [0.5, 0.6) is 0 Å². The normalized spacial score (nSPS) is 17.4. The van der Waals surface area contributed by atoms with Crippen LogP contribution in [0.15, 0.2) is 0 Å². The van der Waals surface area contributed by atoms with Gasteiger partial charge in [-0.3, -0.25) is 9.89 Å². The van der Waals surface area contributed by atoms with Crippen LogP contribution in [-0.2, 0) is 17.6 Å². The van der Waals surface area contributed by atoms with Crippen LogP contribution in [0.25, 0.3) is 0 Å². The quantitative estimate of drug-likeness (QED) is 0.833. The van der Waals surface area contributed by atoms with Gasteiger partial charge in [-0.25, -0.2) is 4.98 Å². The molecule has 1 amide bonds. The molecule has 100 valence electrons. The SMILES string of the molecule is CCC(C)Cc1nc(CCN2CCCC2=O)n[nH]1. The number of carbonyl (C=O) groups is 1. The second-order valence-electron chi connectivity index (χ2n) is 5.15. The summed E-state index contributed by atoms with van der Waals surface area (Å²) in [7, 11) is 0. The van der Waals surface area contributed by atoms with Crippen molar-refractivity contribution in [3.63, 3.8) is 0 Å². The molecule has 1 aromatic heterocycles. The smallest absolute Gasteiger partial charge is 0.222 e. The summed E-state index contributed by atoms with van der Waals surface area (Å²) in [4.78, 5) is 17.8. The number of carbonyl (C=O) groups excluding carboxylic acids is 1. The van der Waals surface area contributed by atoms with E-state index in [-0.39, 0.29) is 5.91 Å². The van der Waals surface area contributed by atoms with Crippen molar-refractivity contribution in [1.82, 2.24) is 20.1 Å². The van der Waals surface area contributed by atoms with E-state index in [1.165, 1.54) is 0 Å². The Morgan fingerprint density at radius 3 is 3.00 bits per heavy atom. The summed E-state index contributed by atoms with van der Waals surface area (Å²) in [5, 5.41) is 7.21. The Morgan fingerprint density at radius 2 is 2.33 bits per heavy atom. The van der Waals surface area contributed by atoms with E-state index in [1.54, 1.807) is 0 Å². The Bertz CT molecular complexity index is 401. The van der Waals surface area contributed by atoms with Crippen molar-refractivity contribution in [2.75, 3.05) is 13.1 Å². The highest BCUT2D eigenvalue weighted by atomic mass is 16.2. The van der Waals surface area contributed by atoms with E-state index in [0.717, 1.165) is 50.4 Å². The monoisotopic (exact) mass is 250 g/mol. The van der Waals surface area contributed by atoms with Crippen molar-refractivity contribution in [2.45, 2.75) is 46.0 Å². The van der Waals surface area contributed by atoms with Crippen LogP contribution in [0, 0.1) is 5.92 Å². The molecule has 1 fully saturated rings. The number of aromatic nitrogens is 3. The molecule has 0 spiro atoms. The lowest BCUT2D eigenvalue weighted by Crippen LogP contribution is -2.27. The zero-order valence-electron chi connectivity index (χ0n) is 11.3. The largest absolute Gasteiger partial charge is 0.342 e. The predicted octanol–water partition coefficient (Wildman–Crippen LogP) is 1.56. The summed E-state index contributed by atoms with van der Waals surface area (Å²) in [6.07, 6.45) is 4.55. The van der Waals surface area contributed by atoms with Gasteiger partial charge in [0.1, 0.15) is 5.82 Å². The van der Waals surface area contributed by atoms with Crippen LogP contribution < -0.4 is 0 Å². The topological polar surface area (TPSA) is 61.9 Å². The fraction of sp³-hybridized carbons (Fsp3) is 0.769. The average molecular weight is 250 g/mol. The van der Waals surface area contributed by atoms with Crippen molar-refractivity contribution in [2.24, 2.45) is 5.92 Å². The van der Waals surface area contributed by atoms with E-state index < -0.39 is 0 Å². The van der Waals surface area contributed by atoms with Crippen LogP contribution >= 0.6 is 0 Å². The number of amides is 1. The number of rotatable bonds is 6. The number of hydrogen-bond donors (Lipinski definition) is 1. The number of likely N-dealkylation sites (tertiary alicyclic amines) is 1. The van der Waals surface area contributed by atoms with Crippen LogP contribution in [-0.4, -0.2) is 39.1 Å². The van der Waals surface area contributed by atoms with Crippen LogP contribution in [0.2, 0.25) is 0 Å². The number of aromatic amines is 1. The maximum atomic E-state index is 11.5. The molecule has 5 heteroatoms. The molecule has 0 aliphatic carbocycles. The second kappa shape index (κ2) is 5.98. The highest BCUT2D eigenvalue weighted by Crippen LogP contribution is 2.11. The zero-order chi connectivity index (χ0) is 13.0. The molecule has 1 N–H and O–H groups in total. The Hall–Kier alpha value is -1.39. The first kappa shape index (κ1) is 13.1. The third-order valence-electron chi connectivity index (χ3n) is 3.59. The number of nitrogens with zero attached hydrogens (tertiary/aromatic N) is 3. The highest BCUT2D eigenvalue weighted by Gasteiger charge is 2.20. The maximum absolute atomic E-state index is 11.5. The predicted molar refractivity (Wildman–Crippen MR) is 69.1 cm³/mol. The molecule has 1 unspecified atom stereocenters. The molecule has 0 saturated carbocycles. The summed E-state index contributed by atoms with van der Waals surface area (Å²) in [5.74, 6) is 2.69. The zero-order valence-corrected chi connectivity index (χ0v) is 11.3. The van der Waals surface area contributed by atoms with E-state index in [2.05, 4.69) is 29.0 Å². The van der Waals surface area contributed by atoms with E-state index >= 15 is 0 Å². The molecule has 0 radical (unpaired) electrons. The number of hydrogen-bond acceptors (Lipinski definition) is 3. The number of nitrogens with one attached hydrogen (secondary N) is 1. The maximum Gasteiger partial charge on any atom is 0.222 e. The molecule has 1 aromatic rings. The second-order valence-corrected chi connectivity index (χ2v) is 5.15. The third-order valence-corrected chi connectivity index (χ3v) is 3.59. The van der Waals surface area contributed by atoms with E-state index in [0.29, 0.717) is 12.3 Å². The van der Waals surface area contributed by atoms with E-state index in [1.807, 2.05) is 4.90 Å². The Labute approximate surface area is 108 Å². The molecule has 1 aliphatic rings. The van der Waals surface area contributed by atoms with Crippen molar-refractivity contribution >= 4 is 5.91 Å². The van der Waals surface area contributed by atoms with E-state index in [9.17, 15) is 4.79 Å². The van der Waals surface area contributed by atoms with Gasteiger partial charge in [0.05, 0.1) is 0 Å². The highest BCUT2D eigenvalue weighted by molar-refractivity contribution is 5.78. The average Bonchev–Trinajstić information content (AvgIpc) is 2.96. The fourth-order valence-corrected chi connectivity index (χ4v) is 2.19. The van der Waals surface area contributed by atoms with Gasteiger partial charge < -0.3 is 4.90 Å². The Balaban J connectivity index is 1.81. The van der Waals surface area contributed by atoms with Crippen molar-refractivity contribution in [3.05, 3.63) is 11.6 Å².